The van der Waals surface area contributed by atoms with Gasteiger partial charge in [0, 0.05) is 5.75 Å². The third-order valence-electron chi connectivity index (χ3n) is 3.39. The van der Waals surface area contributed by atoms with Gasteiger partial charge in [-0.15, -0.1) is 11.8 Å². The minimum Gasteiger partial charge on any atom is -0.478 e. The lowest BCUT2D eigenvalue weighted by Gasteiger charge is -2.14. The molecule has 0 saturated carbocycles. The van der Waals surface area contributed by atoms with Crippen molar-refractivity contribution in [2.24, 2.45) is 5.92 Å². The zero-order chi connectivity index (χ0) is 18.4. The number of unbranched alkanes of at least 4 members (excludes halogenated alkanes) is 5. The van der Waals surface area contributed by atoms with Crippen LogP contribution in [0.15, 0.2) is 10.6 Å². The molecule has 0 aromatic carbocycles. The summed E-state index contributed by atoms with van der Waals surface area (Å²) in [5, 5.41) is 12.3. The molecule has 140 valence electrons. The van der Waals surface area contributed by atoms with E-state index in [9.17, 15) is 14.7 Å². The predicted octanol–water partition coefficient (Wildman–Crippen LogP) is 5.17. The standard InChI is InChI=1S/C18H33NO4S/c1-5-7-8-9-10-11-12-23-18(22)19-16(24-13-14(3)4)15(6-2)17(20)21/h14H,5-13H2,1-4H3,(H,19,22)(H,20,21)/b16-15+. The van der Waals surface area contributed by atoms with Gasteiger partial charge in [-0.05, 0) is 18.8 Å². The number of carboxylic acid groups (broad SMARTS) is 1. The third-order valence-corrected chi connectivity index (χ3v) is 4.86. The quantitative estimate of drug-likeness (QED) is 0.350. The number of nitrogens with one attached hydrogen (secondary N) is 1. The van der Waals surface area contributed by atoms with E-state index < -0.39 is 12.1 Å². The lowest BCUT2D eigenvalue weighted by atomic mass is 10.1. The predicted molar refractivity (Wildman–Crippen MR) is 100 cm³/mol. The van der Waals surface area contributed by atoms with Crippen LogP contribution < -0.4 is 5.32 Å². The van der Waals surface area contributed by atoms with E-state index in [2.05, 4.69) is 12.2 Å². The highest BCUT2D eigenvalue weighted by Crippen LogP contribution is 2.22. The molecule has 0 fully saturated rings. The molecule has 0 rings (SSSR count). The van der Waals surface area contributed by atoms with Gasteiger partial charge in [0.1, 0.15) is 0 Å². The monoisotopic (exact) mass is 359 g/mol. The second-order valence-electron chi connectivity index (χ2n) is 6.20. The molecular formula is C18H33NO4S. The number of aliphatic carboxylic acids is 1. The van der Waals surface area contributed by atoms with Gasteiger partial charge in [0.05, 0.1) is 17.2 Å². The van der Waals surface area contributed by atoms with Gasteiger partial charge in [0.25, 0.3) is 0 Å². The SMILES string of the molecule is CCCCCCCCOC(=O)N/C(SCC(C)C)=C(/CC)C(=O)O. The molecule has 0 atom stereocenters. The Morgan fingerprint density at radius 3 is 2.25 bits per heavy atom. The highest BCUT2D eigenvalue weighted by molar-refractivity contribution is 8.03. The van der Waals surface area contributed by atoms with Crippen molar-refractivity contribution in [3.05, 3.63) is 10.6 Å². The molecule has 6 heteroatoms. The molecule has 0 aromatic heterocycles. The van der Waals surface area contributed by atoms with Gasteiger partial charge < -0.3 is 9.84 Å². The van der Waals surface area contributed by atoms with Crippen LogP contribution >= 0.6 is 11.8 Å². The summed E-state index contributed by atoms with van der Waals surface area (Å²) in [5.41, 5.74) is 0.220. The largest absolute Gasteiger partial charge is 0.478 e. The first-order valence-corrected chi connectivity index (χ1v) is 9.93. The zero-order valence-corrected chi connectivity index (χ0v) is 16.3. The van der Waals surface area contributed by atoms with Gasteiger partial charge in [-0.1, -0.05) is 59.8 Å². The van der Waals surface area contributed by atoms with E-state index in [1.807, 2.05) is 13.8 Å². The lowest BCUT2D eigenvalue weighted by molar-refractivity contribution is -0.132. The Morgan fingerprint density at radius 2 is 1.71 bits per heavy atom. The van der Waals surface area contributed by atoms with Crippen molar-refractivity contribution in [3.8, 4) is 0 Å². The maximum atomic E-state index is 11.9. The lowest BCUT2D eigenvalue weighted by Crippen LogP contribution is -2.25. The van der Waals surface area contributed by atoms with Crippen molar-refractivity contribution in [3.63, 3.8) is 0 Å². The Labute approximate surface area is 150 Å². The van der Waals surface area contributed by atoms with Crippen molar-refractivity contribution in [1.29, 1.82) is 0 Å². The normalized spacial score (nSPS) is 12.0. The van der Waals surface area contributed by atoms with Gasteiger partial charge in [-0.3, -0.25) is 5.32 Å². The van der Waals surface area contributed by atoms with Crippen LogP contribution in [0.1, 0.15) is 72.6 Å². The Morgan fingerprint density at radius 1 is 1.08 bits per heavy atom. The Hall–Kier alpha value is -1.17. The third kappa shape index (κ3) is 11.4. The number of hydrogen-bond acceptors (Lipinski definition) is 4. The Bertz CT molecular complexity index is 408. The minimum atomic E-state index is -1.00. The maximum absolute atomic E-state index is 11.9. The number of ether oxygens (including phenoxy) is 1. The first-order chi connectivity index (χ1) is 11.4. The number of carbonyl (C=O) groups excluding carboxylic acids is 1. The first kappa shape index (κ1) is 22.8. The summed E-state index contributed by atoms with van der Waals surface area (Å²) < 4.78 is 5.17. The Kier molecular flexibility index (Phi) is 13.5. The molecule has 24 heavy (non-hydrogen) atoms. The molecule has 1 amide bonds. The van der Waals surface area contributed by atoms with Gasteiger partial charge in [-0.25, -0.2) is 9.59 Å². The maximum Gasteiger partial charge on any atom is 0.412 e. The van der Waals surface area contributed by atoms with Crippen LogP contribution in [-0.4, -0.2) is 29.5 Å². The van der Waals surface area contributed by atoms with E-state index >= 15 is 0 Å². The molecule has 0 unspecified atom stereocenters. The van der Waals surface area contributed by atoms with Crippen molar-refractivity contribution >= 4 is 23.8 Å². The molecule has 2 N–H and O–H groups in total. The molecule has 0 aliphatic carbocycles. The van der Waals surface area contributed by atoms with Gasteiger partial charge in [0.2, 0.25) is 0 Å². The summed E-state index contributed by atoms with van der Waals surface area (Å²) in [7, 11) is 0. The molecule has 0 heterocycles. The van der Waals surface area contributed by atoms with E-state index in [0.717, 1.165) is 25.0 Å². The molecule has 0 radical (unpaired) electrons. The highest BCUT2D eigenvalue weighted by Gasteiger charge is 2.16. The van der Waals surface area contributed by atoms with E-state index in [1.165, 1.54) is 31.0 Å². The summed E-state index contributed by atoms with van der Waals surface area (Å²) in [5.74, 6) is 0.141. The summed E-state index contributed by atoms with van der Waals surface area (Å²) in [6.45, 7) is 8.41. The van der Waals surface area contributed by atoms with Crippen LogP contribution in [0.2, 0.25) is 0 Å². The molecular weight excluding hydrogens is 326 g/mol. The summed E-state index contributed by atoms with van der Waals surface area (Å²) in [6.07, 6.45) is 6.52. The van der Waals surface area contributed by atoms with E-state index in [1.54, 1.807) is 6.92 Å². The van der Waals surface area contributed by atoms with Gasteiger partial charge in [-0.2, -0.15) is 0 Å². The smallest absolute Gasteiger partial charge is 0.412 e. The van der Waals surface area contributed by atoms with Crippen molar-refractivity contribution in [2.45, 2.75) is 72.6 Å². The van der Waals surface area contributed by atoms with E-state index in [0.29, 0.717) is 24.0 Å². The number of thioether (sulfide) groups is 1. The molecule has 0 saturated heterocycles. The Balaban J connectivity index is 4.37. The van der Waals surface area contributed by atoms with Crippen LogP contribution in [-0.2, 0) is 9.53 Å². The second-order valence-corrected chi connectivity index (χ2v) is 7.23. The second kappa shape index (κ2) is 14.2. The van der Waals surface area contributed by atoms with Crippen molar-refractivity contribution in [2.75, 3.05) is 12.4 Å². The topological polar surface area (TPSA) is 75.6 Å². The molecule has 0 aromatic rings. The fourth-order valence-electron chi connectivity index (χ4n) is 2.03. The van der Waals surface area contributed by atoms with Crippen LogP contribution in [0, 0.1) is 5.92 Å². The number of amides is 1. The van der Waals surface area contributed by atoms with Crippen LogP contribution in [0.25, 0.3) is 0 Å². The number of carboxylic acids is 1. The molecule has 0 bridgehead atoms. The number of alkyl carbamates (subject to hydrolysis) is 1. The molecule has 0 aliphatic heterocycles. The van der Waals surface area contributed by atoms with Crippen molar-refractivity contribution in [1.82, 2.24) is 5.32 Å². The summed E-state index contributed by atoms with van der Waals surface area (Å²) in [6, 6.07) is 0. The average molecular weight is 360 g/mol. The van der Waals surface area contributed by atoms with Crippen LogP contribution in [0.5, 0.6) is 0 Å². The zero-order valence-electron chi connectivity index (χ0n) is 15.5. The fraction of sp³-hybridized carbons (Fsp3) is 0.778. The number of hydrogen-bond donors (Lipinski definition) is 2. The van der Waals surface area contributed by atoms with E-state index in [-0.39, 0.29) is 5.57 Å². The van der Waals surface area contributed by atoms with E-state index in [4.69, 9.17) is 4.74 Å². The molecule has 0 spiro atoms. The first-order valence-electron chi connectivity index (χ1n) is 8.95. The van der Waals surface area contributed by atoms with Crippen LogP contribution in [0.3, 0.4) is 0 Å². The number of rotatable bonds is 13. The number of carbonyl (C=O) groups is 2. The van der Waals surface area contributed by atoms with Crippen molar-refractivity contribution < 1.29 is 19.4 Å². The summed E-state index contributed by atoms with van der Waals surface area (Å²) >= 11 is 1.36. The van der Waals surface area contributed by atoms with Crippen LogP contribution in [0.4, 0.5) is 4.79 Å². The highest BCUT2D eigenvalue weighted by atomic mass is 32.2. The summed E-state index contributed by atoms with van der Waals surface area (Å²) in [4.78, 5) is 23.2. The van der Waals surface area contributed by atoms with Gasteiger partial charge >= 0.3 is 12.1 Å². The molecule has 5 nitrogen and oxygen atoms in total. The minimum absolute atomic E-state index is 0.220. The fourth-order valence-corrected chi connectivity index (χ4v) is 3.09. The van der Waals surface area contributed by atoms with Gasteiger partial charge in [0.15, 0.2) is 0 Å². The average Bonchev–Trinajstić information content (AvgIpc) is 2.51. The molecule has 0 aliphatic rings.